The van der Waals surface area contributed by atoms with Gasteiger partial charge in [0.2, 0.25) is 5.91 Å². The lowest BCUT2D eigenvalue weighted by atomic mass is 10.0. The molecule has 0 heterocycles. The van der Waals surface area contributed by atoms with Crippen LogP contribution in [0.5, 0.6) is 0 Å². The molecule has 0 aliphatic carbocycles. The summed E-state index contributed by atoms with van der Waals surface area (Å²) in [5.74, 6) is -0.348. The summed E-state index contributed by atoms with van der Waals surface area (Å²) < 4.78 is 0. The predicted octanol–water partition coefficient (Wildman–Crippen LogP) is 1.58. The summed E-state index contributed by atoms with van der Waals surface area (Å²) in [6.07, 6.45) is 2.84. The Labute approximate surface area is 86.8 Å². The van der Waals surface area contributed by atoms with Crippen molar-refractivity contribution in [3.63, 3.8) is 0 Å². The number of amides is 1. The van der Waals surface area contributed by atoms with Crippen molar-refractivity contribution in [3.8, 4) is 0 Å². The first-order valence-electron chi connectivity index (χ1n) is 5.02. The molecular formula is C11H22N2O. The van der Waals surface area contributed by atoms with Crippen LogP contribution in [0.2, 0.25) is 0 Å². The van der Waals surface area contributed by atoms with E-state index in [9.17, 15) is 4.79 Å². The van der Waals surface area contributed by atoms with Gasteiger partial charge in [-0.05, 0) is 34.1 Å². The van der Waals surface area contributed by atoms with E-state index in [0.717, 1.165) is 6.42 Å². The first kappa shape index (κ1) is 13.2. The summed E-state index contributed by atoms with van der Waals surface area (Å²) in [6.45, 7) is 10.1. The zero-order valence-electron chi connectivity index (χ0n) is 9.85. The average molecular weight is 198 g/mol. The van der Waals surface area contributed by atoms with Crippen LogP contribution < -0.4 is 11.1 Å². The van der Waals surface area contributed by atoms with Gasteiger partial charge in [0.15, 0.2) is 0 Å². The van der Waals surface area contributed by atoms with Gasteiger partial charge in [-0.1, -0.05) is 13.0 Å². The Bertz CT molecular complexity index is 226. The highest BCUT2D eigenvalue weighted by Crippen LogP contribution is 2.06. The minimum atomic E-state index is -0.348. The highest BCUT2D eigenvalue weighted by Gasteiger charge is 2.14. The topological polar surface area (TPSA) is 55.1 Å². The molecule has 3 nitrogen and oxygen atoms in total. The summed E-state index contributed by atoms with van der Waals surface area (Å²) in [4.78, 5) is 10.8. The molecule has 0 bridgehead atoms. The second-order valence-electron chi connectivity index (χ2n) is 4.62. The summed E-state index contributed by atoms with van der Waals surface area (Å²) in [5, 5.41) is 3.41. The monoisotopic (exact) mass is 198 g/mol. The van der Waals surface area contributed by atoms with Crippen LogP contribution in [0.3, 0.4) is 0 Å². The lowest BCUT2D eigenvalue weighted by Gasteiger charge is -2.26. The third-order valence-electron chi connectivity index (χ3n) is 1.90. The van der Waals surface area contributed by atoms with Crippen LogP contribution in [0.25, 0.3) is 0 Å². The second-order valence-corrected chi connectivity index (χ2v) is 4.62. The van der Waals surface area contributed by atoms with Crippen LogP contribution in [-0.2, 0) is 4.79 Å². The van der Waals surface area contributed by atoms with E-state index in [0.29, 0.717) is 5.57 Å². The van der Waals surface area contributed by atoms with Gasteiger partial charge in [0, 0.05) is 17.2 Å². The normalized spacial score (nSPS) is 15.4. The molecule has 0 aliphatic heterocycles. The van der Waals surface area contributed by atoms with E-state index in [1.807, 2.05) is 6.08 Å². The lowest BCUT2D eigenvalue weighted by molar-refractivity contribution is -0.114. The molecule has 14 heavy (non-hydrogen) atoms. The zero-order valence-corrected chi connectivity index (χ0v) is 9.85. The number of nitrogens with one attached hydrogen (secondary N) is 1. The van der Waals surface area contributed by atoms with Crippen molar-refractivity contribution >= 4 is 5.91 Å². The third kappa shape index (κ3) is 5.75. The van der Waals surface area contributed by atoms with Gasteiger partial charge in [-0.3, -0.25) is 4.79 Å². The quantitative estimate of drug-likeness (QED) is 0.674. The van der Waals surface area contributed by atoms with Crippen LogP contribution in [0, 0.1) is 0 Å². The van der Waals surface area contributed by atoms with Crippen LogP contribution in [0.4, 0.5) is 0 Å². The van der Waals surface area contributed by atoms with E-state index in [2.05, 4.69) is 33.0 Å². The molecule has 0 rings (SSSR count). The Morgan fingerprint density at radius 1 is 1.50 bits per heavy atom. The van der Waals surface area contributed by atoms with Gasteiger partial charge >= 0.3 is 0 Å². The summed E-state index contributed by atoms with van der Waals surface area (Å²) in [5.41, 5.74) is 5.84. The highest BCUT2D eigenvalue weighted by atomic mass is 16.1. The Balaban J connectivity index is 4.44. The molecule has 0 saturated carbocycles. The van der Waals surface area contributed by atoms with Gasteiger partial charge in [0.1, 0.15) is 0 Å². The molecular weight excluding hydrogens is 176 g/mol. The number of hydrogen-bond acceptors (Lipinski definition) is 2. The van der Waals surface area contributed by atoms with Gasteiger partial charge in [0.05, 0.1) is 0 Å². The molecule has 0 spiro atoms. The molecule has 1 atom stereocenters. The van der Waals surface area contributed by atoms with Crippen molar-refractivity contribution < 1.29 is 4.79 Å². The van der Waals surface area contributed by atoms with E-state index in [1.165, 1.54) is 0 Å². The summed E-state index contributed by atoms with van der Waals surface area (Å²) in [6, 6.07) is 0.211. The largest absolute Gasteiger partial charge is 0.366 e. The minimum Gasteiger partial charge on any atom is -0.366 e. The molecule has 3 heteroatoms. The first-order chi connectivity index (χ1) is 6.26. The fraction of sp³-hybridized carbons (Fsp3) is 0.727. The van der Waals surface area contributed by atoms with Crippen LogP contribution in [0.1, 0.15) is 41.0 Å². The van der Waals surface area contributed by atoms with Gasteiger partial charge in [-0.25, -0.2) is 0 Å². The zero-order chi connectivity index (χ0) is 11.4. The van der Waals surface area contributed by atoms with E-state index < -0.39 is 0 Å². The number of primary amides is 1. The molecule has 3 N–H and O–H groups in total. The molecule has 82 valence electrons. The van der Waals surface area contributed by atoms with Crippen LogP contribution in [-0.4, -0.2) is 17.5 Å². The van der Waals surface area contributed by atoms with Crippen LogP contribution in [0.15, 0.2) is 11.6 Å². The minimum absolute atomic E-state index is 0.0507. The van der Waals surface area contributed by atoms with Crippen molar-refractivity contribution in [1.82, 2.24) is 5.32 Å². The Kier molecular flexibility index (Phi) is 4.85. The van der Waals surface area contributed by atoms with E-state index in [1.54, 1.807) is 6.92 Å². The number of rotatable bonds is 4. The molecule has 0 aliphatic rings. The highest BCUT2D eigenvalue weighted by molar-refractivity contribution is 5.91. The Morgan fingerprint density at radius 3 is 2.29 bits per heavy atom. The molecule has 0 aromatic rings. The van der Waals surface area contributed by atoms with E-state index in [4.69, 9.17) is 5.73 Å². The molecule has 0 fully saturated rings. The number of carbonyl (C=O) groups is 1. The van der Waals surface area contributed by atoms with E-state index >= 15 is 0 Å². The molecule has 0 aromatic heterocycles. The fourth-order valence-electron chi connectivity index (χ4n) is 1.20. The number of nitrogens with two attached hydrogens (primary N) is 1. The standard InChI is InChI=1S/C11H22N2O/c1-6-9(13-11(3,4)5)7-8(2)10(12)14/h7,9,13H,6H2,1-5H3,(H2,12,14). The SMILES string of the molecule is CCC(C=C(C)C(N)=O)NC(C)(C)C. The van der Waals surface area contributed by atoms with Gasteiger partial charge in [-0.2, -0.15) is 0 Å². The van der Waals surface area contributed by atoms with Crippen LogP contribution >= 0.6 is 0 Å². The predicted molar refractivity (Wildman–Crippen MR) is 59.9 cm³/mol. The van der Waals surface area contributed by atoms with Crippen molar-refractivity contribution in [1.29, 1.82) is 0 Å². The Morgan fingerprint density at radius 2 is 2.00 bits per heavy atom. The van der Waals surface area contributed by atoms with E-state index in [-0.39, 0.29) is 17.5 Å². The molecule has 0 saturated heterocycles. The first-order valence-corrected chi connectivity index (χ1v) is 5.02. The summed E-state index contributed by atoms with van der Waals surface area (Å²) in [7, 11) is 0. The number of hydrogen-bond donors (Lipinski definition) is 2. The van der Waals surface area contributed by atoms with Gasteiger partial charge in [-0.15, -0.1) is 0 Å². The second kappa shape index (κ2) is 5.15. The van der Waals surface area contributed by atoms with Crippen molar-refractivity contribution in [2.75, 3.05) is 0 Å². The molecule has 0 radical (unpaired) electrons. The van der Waals surface area contributed by atoms with Crippen molar-refractivity contribution in [2.45, 2.75) is 52.6 Å². The smallest absolute Gasteiger partial charge is 0.244 e. The maximum Gasteiger partial charge on any atom is 0.244 e. The third-order valence-corrected chi connectivity index (χ3v) is 1.90. The Hall–Kier alpha value is -0.830. The van der Waals surface area contributed by atoms with Crippen molar-refractivity contribution in [3.05, 3.63) is 11.6 Å². The molecule has 1 unspecified atom stereocenters. The molecule has 0 aromatic carbocycles. The maximum atomic E-state index is 10.8. The van der Waals surface area contributed by atoms with Gasteiger partial charge in [0.25, 0.3) is 0 Å². The van der Waals surface area contributed by atoms with Gasteiger partial charge < -0.3 is 11.1 Å². The van der Waals surface area contributed by atoms with Crippen molar-refractivity contribution in [2.24, 2.45) is 5.73 Å². The molecule has 1 amide bonds. The number of carbonyl (C=O) groups excluding carboxylic acids is 1. The average Bonchev–Trinajstić information content (AvgIpc) is 2.00. The maximum absolute atomic E-state index is 10.8. The summed E-state index contributed by atoms with van der Waals surface area (Å²) >= 11 is 0. The fourth-order valence-corrected chi connectivity index (χ4v) is 1.20. The lowest BCUT2D eigenvalue weighted by Crippen LogP contribution is -2.42.